The quantitative estimate of drug-likeness (QED) is 0.856. The first-order valence-corrected chi connectivity index (χ1v) is 8.48. The highest BCUT2D eigenvalue weighted by Gasteiger charge is 2.17. The summed E-state index contributed by atoms with van der Waals surface area (Å²) < 4.78 is 11.1. The summed E-state index contributed by atoms with van der Waals surface area (Å²) in [6.07, 6.45) is 0. The van der Waals surface area contributed by atoms with E-state index in [9.17, 15) is 4.79 Å². The van der Waals surface area contributed by atoms with Crippen LogP contribution in [0.15, 0.2) is 53.4 Å². The van der Waals surface area contributed by atoms with Crippen LogP contribution in [0.25, 0.3) is 0 Å². The molecule has 1 aliphatic rings. The normalized spacial score (nSPS) is 14.1. The van der Waals surface area contributed by atoms with Crippen LogP contribution >= 0.6 is 11.8 Å². The van der Waals surface area contributed by atoms with Gasteiger partial charge in [-0.25, -0.2) is 0 Å². The molecule has 4 nitrogen and oxygen atoms in total. The van der Waals surface area contributed by atoms with Crippen molar-refractivity contribution in [2.75, 3.05) is 13.2 Å². The zero-order valence-electron chi connectivity index (χ0n) is 13.0. The van der Waals surface area contributed by atoms with Crippen molar-refractivity contribution in [3.63, 3.8) is 0 Å². The van der Waals surface area contributed by atoms with E-state index in [1.54, 1.807) is 0 Å². The predicted molar refractivity (Wildman–Crippen MR) is 91.0 cm³/mol. The summed E-state index contributed by atoms with van der Waals surface area (Å²) in [5.41, 5.74) is 1.09. The van der Waals surface area contributed by atoms with E-state index in [1.807, 2.05) is 55.5 Å². The van der Waals surface area contributed by atoms with E-state index in [2.05, 4.69) is 5.32 Å². The standard InChI is InChI=1S/C18H19NO3S/c1-13(18(20)19-12-14-5-3-2-4-6-14)23-15-7-8-16-17(11-15)22-10-9-21-16/h2-8,11,13H,9-10,12H2,1H3,(H,19,20)/t13-/m1/s1. The fraction of sp³-hybridized carbons (Fsp3) is 0.278. The van der Waals surface area contributed by atoms with Crippen molar-refractivity contribution in [2.24, 2.45) is 0 Å². The van der Waals surface area contributed by atoms with Crippen molar-refractivity contribution in [3.8, 4) is 11.5 Å². The highest BCUT2D eigenvalue weighted by molar-refractivity contribution is 8.00. The van der Waals surface area contributed by atoms with E-state index in [0.717, 1.165) is 22.0 Å². The molecule has 120 valence electrons. The minimum Gasteiger partial charge on any atom is -0.486 e. The van der Waals surface area contributed by atoms with E-state index in [4.69, 9.17) is 9.47 Å². The zero-order chi connectivity index (χ0) is 16.1. The lowest BCUT2D eigenvalue weighted by atomic mass is 10.2. The predicted octanol–water partition coefficient (Wildman–Crippen LogP) is 3.25. The van der Waals surface area contributed by atoms with Gasteiger partial charge < -0.3 is 14.8 Å². The second-order valence-corrected chi connectivity index (χ2v) is 6.68. The molecule has 2 aromatic carbocycles. The maximum Gasteiger partial charge on any atom is 0.233 e. The van der Waals surface area contributed by atoms with Crippen LogP contribution in [-0.2, 0) is 11.3 Å². The molecule has 0 aliphatic carbocycles. The number of benzene rings is 2. The molecular formula is C18H19NO3S. The smallest absolute Gasteiger partial charge is 0.233 e. The number of carbonyl (C=O) groups is 1. The Morgan fingerprint density at radius 3 is 2.65 bits per heavy atom. The minimum atomic E-state index is -0.179. The largest absolute Gasteiger partial charge is 0.486 e. The molecule has 1 aliphatic heterocycles. The molecule has 1 atom stereocenters. The number of amides is 1. The lowest BCUT2D eigenvalue weighted by Gasteiger charge is -2.19. The van der Waals surface area contributed by atoms with Crippen LogP contribution in [0.2, 0.25) is 0 Å². The van der Waals surface area contributed by atoms with Gasteiger partial charge in [-0.2, -0.15) is 0 Å². The van der Waals surface area contributed by atoms with Crippen LogP contribution in [-0.4, -0.2) is 24.4 Å². The molecule has 3 rings (SSSR count). The number of hydrogen-bond donors (Lipinski definition) is 1. The summed E-state index contributed by atoms with van der Waals surface area (Å²) in [6.45, 7) is 3.60. The number of carbonyl (C=O) groups excluding carboxylic acids is 1. The summed E-state index contributed by atoms with van der Waals surface area (Å²) >= 11 is 1.51. The Kier molecular flexibility index (Phi) is 5.08. The molecule has 1 heterocycles. The third-order valence-corrected chi connectivity index (χ3v) is 4.60. The van der Waals surface area contributed by atoms with Gasteiger partial charge in [0, 0.05) is 11.4 Å². The second-order valence-electron chi connectivity index (χ2n) is 5.27. The average Bonchev–Trinajstić information content (AvgIpc) is 2.60. The number of rotatable bonds is 5. The van der Waals surface area contributed by atoms with E-state index in [0.29, 0.717) is 19.8 Å². The summed E-state index contributed by atoms with van der Waals surface area (Å²) in [7, 11) is 0. The number of fused-ring (bicyclic) bond motifs is 1. The molecule has 0 bridgehead atoms. The summed E-state index contributed by atoms with van der Waals surface area (Å²) in [5, 5.41) is 2.79. The van der Waals surface area contributed by atoms with Crippen LogP contribution < -0.4 is 14.8 Å². The Bertz CT molecular complexity index is 675. The average molecular weight is 329 g/mol. The van der Waals surface area contributed by atoms with Gasteiger partial charge in [0.15, 0.2) is 11.5 Å². The van der Waals surface area contributed by atoms with E-state index >= 15 is 0 Å². The molecule has 23 heavy (non-hydrogen) atoms. The van der Waals surface area contributed by atoms with Gasteiger partial charge in [-0.3, -0.25) is 4.79 Å². The second kappa shape index (κ2) is 7.42. The molecule has 5 heteroatoms. The highest BCUT2D eigenvalue weighted by atomic mass is 32.2. The first-order valence-electron chi connectivity index (χ1n) is 7.60. The Balaban J connectivity index is 1.55. The number of hydrogen-bond acceptors (Lipinski definition) is 4. The molecule has 1 N–H and O–H groups in total. The number of nitrogens with one attached hydrogen (secondary N) is 1. The third-order valence-electron chi connectivity index (χ3n) is 3.51. The van der Waals surface area contributed by atoms with Gasteiger partial charge in [0.2, 0.25) is 5.91 Å². The molecule has 0 unspecified atom stereocenters. The van der Waals surface area contributed by atoms with Gasteiger partial charge in [0.25, 0.3) is 0 Å². The van der Waals surface area contributed by atoms with Crippen molar-refractivity contribution in [1.82, 2.24) is 5.32 Å². The van der Waals surface area contributed by atoms with Gasteiger partial charge in [-0.1, -0.05) is 30.3 Å². The van der Waals surface area contributed by atoms with Crippen molar-refractivity contribution >= 4 is 17.7 Å². The zero-order valence-corrected chi connectivity index (χ0v) is 13.8. The van der Waals surface area contributed by atoms with Crippen LogP contribution in [0.5, 0.6) is 11.5 Å². The molecule has 0 radical (unpaired) electrons. The molecule has 0 fully saturated rings. The lowest BCUT2D eigenvalue weighted by molar-refractivity contribution is -0.120. The van der Waals surface area contributed by atoms with Crippen molar-refractivity contribution in [3.05, 3.63) is 54.1 Å². The van der Waals surface area contributed by atoms with Gasteiger partial charge in [0.1, 0.15) is 13.2 Å². The number of thioether (sulfide) groups is 1. The van der Waals surface area contributed by atoms with E-state index in [1.165, 1.54) is 11.8 Å². The molecule has 0 spiro atoms. The Labute approximate surface area is 140 Å². The first-order chi connectivity index (χ1) is 11.2. The van der Waals surface area contributed by atoms with Crippen LogP contribution in [0.4, 0.5) is 0 Å². The Hall–Kier alpha value is -2.14. The summed E-state index contributed by atoms with van der Waals surface area (Å²) in [5.74, 6) is 1.54. The first kappa shape index (κ1) is 15.7. The molecule has 0 saturated heterocycles. The summed E-state index contributed by atoms with van der Waals surface area (Å²) in [4.78, 5) is 13.2. The van der Waals surface area contributed by atoms with Crippen molar-refractivity contribution in [1.29, 1.82) is 0 Å². The van der Waals surface area contributed by atoms with Crippen LogP contribution in [0, 0.1) is 0 Å². The molecular weight excluding hydrogens is 310 g/mol. The Morgan fingerprint density at radius 2 is 1.87 bits per heavy atom. The SMILES string of the molecule is C[C@@H](Sc1ccc2c(c1)OCCO2)C(=O)NCc1ccccc1. The van der Waals surface area contributed by atoms with Gasteiger partial charge in [-0.05, 0) is 30.7 Å². The van der Waals surface area contributed by atoms with Crippen molar-refractivity contribution in [2.45, 2.75) is 23.6 Å². The van der Waals surface area contributed by atoms with Crippen molar-refractivity contribution < 1.29 is 14.3 Å². The third kappa shape index (κ3) is 4.20. The van der Waals surface area contributed by atoms with E-state index in [-0.39, 0.29) is 11.2 Å². The maximum absolute atomic E-state index is 12.2. The van der Waals surface area contributed by atoms with Crippen LogP contribution in [0.1, 0.15) is 12.5 Å². The number of ether oxygens (including phenoxy) is 2. The molecule has 1 amide bonds. The van der Waals surface area contributed by atoms with E-state index < -0.39 is 0 Å². The Morgan fingerprint density at radius 1 is 1.13 bits per heavy atom. The highest BCUT2D eigenvalue weighted by Crippen LogP contribution is 2.35. The monoisotopic (exact) mass is 329 g/mol. The molecule has 0 aromatic heterocycles. The van der Waals surface area contributed by atoms with Gasteiger partial charge >= 0.3 is 0 Å². The summed E-state index contributed by atoms with van der Waals surface area (Å²) in [6, 6.07) is 15.7. The fourth-order valence-electron chi connectivity index (χ4n) is 2.28. The minimum absolute atomic E-state index is 0.0220. The van der Waals surface area contributed by atoms with Crippen LogP contribution in [0.3, 0.4) is 0 Å². The molecule has 0 saturated carbocycles. The lowest BCUT2D eigenvalue weighted by Crippen LogP contribution is -2.30. The topological polar surface area (TPSA) is 47.6 Å². The fourth-order valence-corrected chi connectivity index (χ4v) is 3.20. The maximum atomic E-state index is 12.2. The van der Waals surface area contributed by atoms with Gasteiger partial charge in [0.05, 0.1) is 5.25 Å². The molecule has 2 aromatic rings. The van der Waals surface area contributed by atoms with Gasteiger partial charge in [-0.15, -0.1) is 11.8 Å².